The first kappa shape index (κ1) is 21.2. The smallest absolute Gasteiger partial charge is 0.334 e. The van der Waals surface area contributed by atoms with Gasteiger partial charge in [-0.2, -0.15) is 0 Å². The first-order valence-electron chi connectivity index (χ1n) is 8.76. The second-order valence-electron chi connectivity index (χ2n) is 6.83. The molecule has 1 aliphatic rings. The minimum absolute atomic E-state index is 0.239. The van der Waals surface area contributed by atoms with Gasteiger partial charge in [-0.25, -0.2) is 9.69 Å². The van der Waals surface area contributed by atoms with Crippen LogP contribution in [0.5, 0.6) is 11.5 Å². The fourth-order valence-electron chi connectivity index (χ4n) is 2.91. The Morgan fingerprint density at radius 3 is 2.14 bits per heavy atom. The van der Waals surface area contributed by atoms with Gasteiger partial charge in [-0.05, 0) is 44.0 Å². The highest BCUT2D eigenvalue weighted by atomic mass is 16.5. The van der Waals surface area contributed by atoms with Crippen LogP contribution in [-0.4, -0.2) is 72.3 Å². The maximum atomic E-state index is 12.6. The first-order chi connectivity index (χ1) is 13.1. The Balaban J connectivity index is 2.13. The number of rotatable bonds is 7. The summed E-state index contributed by atoms with van der Waals surface area (Å²) in [5.41, 5.74) is 1.72. The summed E-state index contributed by atoms with van der Waals surface area (Å²) in [7, 11) is 4.62. The summed E-state index contributed by atoms with van der Waals surface area (Å²) in [6.45, 7) is 4.88. The summed E-state index contributed by atoms with van der Waals surface area (Å²) >= 11 is 0. The van der Waals surface area contributed by atoms with Gasteiger partial charge in [0.05, 0.1) is 14.2 Å². The number of nitrogens with zero attached hydrogens (tertiary/aromatic N) is 3. The Morgan fingerprint density at radius 1 is 1.07 bits per heavy atom. The molecule has 1 heterocycles. The van der Waals surface area contributed by atoms with Crippen LogP contribution in [0.25, 0.3) is 0 Å². The van der Waals surface area contributed by atoms with Crippen molar-refractivity contribution in [3.05, 3.63) is 23.3 Å². The summed E-state index contributed by atoms with van der Waals surface area (Å²) in [5.74, 6) is -1.24. The number of ether oxygens (including phenoxy) is 2. The highest BCUT2D eigenvalue weighted by molar-refractivity contribution is 6.45. The molecule has 28 heavy (non-hydrogen) atoms. The van der Waals surface area contributed by atoms with E-state index in [1.54, 1.807) is 40.1 Å². The third-order valence-corrected chi connectivity index (χ3v) is 4.57. The molecular formula is C19H25N3O6. The van der Waals surface area contributed by atoms with Gasteiger partial charge in [0.25, 0.3) is 0 Å². The molecule has 5 amide bonds. The van der Waals surface area contributed by atoms with E-state index in [0.29, 0.717) is 16.4 Å². The van der Waals surface area contributed by atoms with Crippen LogP contribution in [0.15, 0.2) is 12.1 Å². The van der Waals surface area contributed by atoms with E-state index in [0.717, 1.165) is 16.0 Å². The summed E-state index contributed by atoms with van der Waals surface area (Å²) in [4.78, 5) is 51.8. The fraction of sp³-hybridized carbons (Fsp3) is 0.474. The van der Waals surface area contributed by atoms with Crippen molar-refractivity contribution in [2.75, 3.05) is 27.8 Å². The molecule has 2 rings (SSSR count). The van der Waals surface area contributed by atoms with Gasteiger partial charge >= 0.3 is 17.8 Å². The number of carbonyl (C=O) groups excluding carboxylic acids is 4. The van der Waals surface area contributed by atoms with Crippen LogP contribution < -0.4 is 9.47 Å². The Morgan fingerprint density at radius 2 is 1.64 bits per heavy atom. The van der Waals surface area contributed by atoms with Gasteiger partial charge in [-0.1, -0.05) is 0 Å². The molecule has 0 spiro atoms. The molecule has 1 aliphatic heterocycles. The normalized spacial score (nSPS) is 14.2. The second kappa shape index (κ2) is 8.28. The lowest BCUT2D eigenvalue weighted by atomic mass is 10.1. The van der Waals surface area contributed by atoms with Gasteiger partial charge in [0, 0.05) is 19.6 Å². The summed E-state index contributed by atoms with van der Waals surface area (Å²) in [6.07, 6.45) is 0. The van der Waals surface area contributed by atoms with Gasteiger partial charge in [0.15, 0.2) is 11.5 Å². The average molecular weight is 391 g/mol. The monoisotopic (exact) mass is 391 g/mol. The van der Waals surface area contributed by atoms with E-state index in [1.807, 2.05) is 6.92 Å². The highest BCUT2D eigenvalue weighted by Gasteiger charge is 2.46. The number of aryl methyl sites for hydroxylation is 1. The van der Waals surface area contributed by atoms with Gasteiger partial charge in [-0.3, -0.25) is 19.3 Å². The van der Waals surface area contributed by atoms with E-state index in [4.69, 9.17) is 9.47 Å². The van der Waals surface area contributed by atoms with Crippen LogP contribution in [0.2, 0.25) is 0 Å². The SMILES string of the molecule is COc1cc(C)c(CN(C)C(=O)CN2C(=O)C(=O)N(C(C)C)C2=O)cc1OC. The predicted molar refractivity (Wildman–Crippen MR) is 99.8 cm³/mol. The van der Waals surface area contributed by atoms with Crippen molar-refractivity contribution in [1.29, 1.82) is 0 Å². The van der Waals surface area contributed by atoms with E-state index in [9.17, 15) is 19.2 Å². The highest BCUT2D eigenvalue weighted by Crippen LogP contribution is 2.30. The third kappa shape index (κ3) is 3.92. The molecule has 9 heteroatoms. The van der Waals surface area contributed by atoms with Gasteiger partial charge < -0.3 is 14.4 Å². The Kier molecular flexibility index (Phi) is 6.27. The van der Waals surface area contributed by atoms with Crippen molar-refractivity contribution in [3.63, 3.8) is 0 Å². The lowest BCUT2D eigenvalue weighted by molar-refractivity contribution is -0.145. The molecule has 0 aliphatic carbocycles. The molecule has 152 valence electrons. The molecule has 0 atom stereocenters. The number of benzene rings is 1. The minimum Gasteiger partial charge on any atom is -0.493 e. The number of carbonyl (C=O) groups is 4. The molecule has 9 nitrogen and oxygen atoms in total. The number of hydrogen-bond acceptors (Lipinski definition) is 6. The molecule has 1 saturated heterocycles. The van der Waals surface area contributed by atoms with Crippen LogP contribution in [-0.2, 0) is 20.9 Å². The Hall–Kier alpha value is -3.10. The maximum absolute atomic E-state index is 12.6. The first-order valence-corrected chi connectivity index (χ1v) is 8.76. The molecule has 0 saturated carbocycles. The lowest BCUT2D eigenvalue weighted by Crippen LogP contribution is -2.43. The Bertz CT molecular complexity index is 820. The standard InChI is InChI=1S/C19H25N3O6/c1-11(2)22-18(25)17(24)21(19(22)26)10-16(23)20(4)9-13-8-15(28-6)14(27-5)7-12(13)3/h7-8,11H,9-10H2,1-6H3. The van der Waals surface area contributed by atoms with Crippen molar-refractivity contribution >= 4 is 23.8 Å². The molecule has 0 bridgehead atoms. The van der Waals surface area contributed by atoms with E-state index < -0.39 is 36.3 Å². The molecule has 0 aromatic heterocycles. The minimum atomic E-state index is -0.984. The molecule has 1 fully saturated rings. The molecular weight excluding hydrogens is 366 g/mol. The van der Waals surface area contributed by atoms with Gasteiger partial charge in [-0.15, -0.1) is 0 Å². The molecule has 0 unspecified atom stereocenters. The van der Waals surface area contributed by atoms with Crippen LogP contribution in [0.1, 0.15) is 25.0 Å². The fourth-order valence-corrected chi connectivity index (χ4v) is 2.91. The maximum Gasteiger partial charge on any atom is 0.334 e. The number of hydrogen-bond donors (Lipinski definition) is 0. The largest absolute Gasteiger partial charge is 0.493 e. The molecule has 0 N–H and O–H groups in total. The molecule has 1 aromatic rings. The zero-order valence-corrected chi connectivity index (χ0v) is 16.9. The molecule has 1 aromatic carbocycles. The van der Waals surface area contributed by atoms with Gasteiger partial charge in [0.2, 0.25) is 5.91 Å². The predicted octanol–water partition coefficient (Wildman–Crippen LogP) is 1.17. The number of amides is 5. The topological polar surface area (TPSA) is 96.5 Å². The van der Waals surface area contributed by atoms with Crippen LogP contribution in [0.4, 0.5) is 4.79 Å². The average Bonchev–Trinajstić information content (AvgIpc) is 2.85. The van der Waals surface area contributed by atoms with Crippen molar-refractivity contribution in [2.45, 2.75) is 33.4 Å². The van der Waals surface area contributed by atoms with Crippen molar-refractivity contribution in [1.82, 2.24) is 14.7 Å². The second-order valence-corrected chi connectivity index (χ2v) is 6.83. The zero-order chi connectivity index (χ0) is 21.2. The number of imide groups is 2. The lowest BCUT2D eigenvalue weighted by Gasteiger charge is -2.22. The van der Waals surface area contributed by atoms with Crippen LogP contribution in [0.3, 0.4) is 0 Å². The molecule has 0 radical (unpaired) electrons. The summed E-state index contributed by atoms with van der Waals surface area (Å²) in [5, 5.41) is 0. The van der Waals surface area contributed by atoms with Crippen molar-refractivity contribution in [3.8, 4) is 11.5 Å². The number of urea groups is 1. The van der Waals surface area contributed by atoms with Gasteiger partial charge in [0.1, 0.15) is 6.54 Å². The Labute approximate surface area is 163 Å². The van der Waals surface area contributed by atoms with E-state index >= 15 is 0 Å². The third-order valence-electron chi connectivity index (χ3n) is 4.57. The zero-order valence-electron chi connectivity index (χ0n) is 16.9. The summed E-state index contributed by atoms with van der Waals surface area (Å²) < 4.78 is 10.5. The van der Waals surface area contributed by atoms with E-state index in [2.05, 4.69) is 0 Å². The quantitative estimate of drug-likeness (QED) is 0.511. The van der Waals surface area contributed by atoms with Crippen molar-refractivity contribution < 1.29 is 28.7 Å². The summed E-state index contributed by atoms with van der Waals surface area (Å²) in [6, 6.07) is 2.35. The van der Waals surface area contributed by atoms with Crippen LogP contribution in [0, 0.1) is 6.92 Å². The number of likely N-dealkylation sites (N-methyl/N-ethyl adjacent to an activating group) is 1. The number of methoxy groups -OCH3 is 2. The van der Waals surface area contributed by atoms with E-state index in [-0.39, 0.29) is 6.54 Å². The van der Waals surface area contributed by atoms with Crippen LogP contribution >= 0.6 is 0 Å². The van der Waals surface area contributed by atoms with Crippen molar-refractivity contribution in [2.24, 2.45) is 0 Å². The van der Waals surface area contributed by atoms with E-state index in [1.165, 1.54) is 12.0 Å².